The van der Waals surface area contributed by atoms with Gasteiger partial charge in [-0.25, -0.2) is 0 Å². The number of rotatable bonds is 3. The molecule has 0 bridgehead atoms. The fourth-order valence-electron chi connectivity index (χ4n) is 6.72. The molecular formula is C49H42SiZr. The summed E-state index contributed by atoms with van der Waals surface area (Å²) in [6.07, 6.45) is 0. The first kappa shape index (κ1) is 37.5. The minimum absolute atomic E-state index is 0. The summed E-state index contributed by atoms with van der Waals surface area (Å²) in [6.45, 7) is 9.32. The quantitative estimate of drug-likeness (QED) is 0.125. The van der Waals surface area contributed by atoms with Gasteiger partial charge in [-0.05, 0) is 32.7 Å². The normalized spacial score (nSPS) is 10.3. The number of hydrogen-bond donors (Lipinski definition) is 0. The van der Waals surface area contributed by atoms with Gasteiger partial charge in [-0.15, -0.1) is 81.2 Å². The van der Waals surface area contributed by atoms with Crippen molar-refractivity contribution in [3.05, 3.63) is 200 Å². The predicted octanol–water partition coefficient (Wildman–Crippen LogP) is 12.6. The second-order valence-corrected chi connectivity index (χ2v) is 12.6. The molecule has 0 amide bonds. The first-order chi connectivity index (χ1) is 24.6. The molecule has 0 unspecified atom stereocenters. The molecule has 0 radical (unpaired) electrons. The molecule has 0 N–H and O–H groups in total. The fraction of sp³-hybridized carbons (Fsp3) is 0.0612. The second kappa shape index (κ2) is 18.0. The maximum atomic E-state index is 3.25. The van der Waals surface area contributed by atoms with E-state index < -0.39 is 0 Å². The molecule has 9 aromatic rings. The van der Waals surface area contributed by atoms with Crippen LogP contribution in [0.25, 0.3) is 65.3 Å². The Morgan fingerprint density at radius 2 is 0.784 bits per heavy atom. The Kier molecular flexibility index (Phi) is 13.2. The van der Waals surface area contributed by atoms with Crippen LogP contribution < -0.4 is 0 Å². The number of benzene rings is 7. The average Bonchev–Trinajstić information content (AvgIpc) is 3.77. The third kappa shape index (κ3) is 8.59. The third-order valence-electron chi connectivity index (χ3n) is 8.93. The van der Waals surface area contributed by atoms with Crippen LogP contribution in [0.3, 0.4) is 0 Å². The summed E-state index contributed by atoms with van der Waals surface area (Å²) in [6, 6.07) is 62.6. The van der Waals surface area contributed by atoms with Crippen LogP contribution in [0.4, 0.5) is 0 Å². The molecule has 0 saturated carbocycles. The summed E-state index contributed by atoms with van der Waals surface area (Å²) in [5.41, 5.74) is 12.2. The second-order valence-electron chi connectivity index (χ2n) is 12.3. The average molecular weight is 750 g/mol. The Morgan fingerprint density at radius 1 is 0.431 bits per heavy atom. The number of fused-ring (bicyclic) bond motifs is 4. The van der Waals surface area contributed by atoms with Crippen LogP contribution >= 0.6 is 0 Å². The van der Waals surface area contributed by atoms with Crippen molar-refractivity contribution in [3.63, 3.8) is 0 Å². The summed E-state index contributed by atoms with van der Waals surface area (Å²) in [7, 11) is 1.73. The molecule has 51 heavy (non-hydrogen) atoms. The van der Waals surface area contributed by atoms with Crippen molar-refractivity contribution in [2.45, 2.75) is 20.8 Å². The largest absolute Gasteiger partial charge is 4.00 e. The molecule has 0 saturated heterocycles. The van der Waals surface area contributed by atoms with Gasteiger partial charge in [0.05, 0.1) is 0 Å². The van der Waals surface area contributed by atoms with Gasteiger partial charge in [0.1, 0.15) is 0 Å². The Bertz CT molecular complexity index is 2330. The smallest absolute Gasteiger partial charge is 0.346 e. The van der Waals surface area contributed by atoms with Gasteiger partial charge in [-0.3, -0.25) is 0 Å². The first-order valence-corrected chi connectivity index (χ1v) is 17.9. The SMILES string of the molecule is Cc1cc2c(-c3cccc4ccccc34)cccc2[cH-]1.Cc1cc2c(-c3cccc4ccccc34)cccc2[cH-]1.[CH2-]C.[SiH2]=[C-]c1ccccc1.[Zr+4]. The molecule has 0 spiro atoms. The van der Waals surface area contributed by atoms with Gasteiger partial charge in [-0.2, -0.15) is 42.4 Å². The van der Waals surface area contributed by atoms with Crippen molar-refractivity contribution in [1.82, 2.24) is 0 Å². The molecule has 0 aliphatic heterocycles. The minimum Gasteiger partial charge on any atom is -0.346 e. The van der Waals surface area contributed by atoms with E-state index in [1.807, 2.05) is 30.3 Å². The van der Waals surface area contributed by atoms with Crippen LogP contribution in [0.5, 0.6) is 0 Å². The van der Waals surface area contributed by atoms with Gasteiger partial charge < -0.3 is 6.92 Å². The van der Waals surface area contributed by atoms with Crippen molar-refractivity contribution in [1.29, 1.82) is 0 Å². The van der Waals surface area contributed by atoms with Crippen LogP contribution in [0.2, 0.25) is 0 Å². The third-order valence-corrected chi connectivity index (χ3v) is 9.34. The maximum absolute atomic E-state index is 3.25. The molecule has 9 rings (SSSR count). The number of aryl methyl sites for hydroxylation is 2. The topological polar surface area (TPSA) is 0 Å². The summed E-state index contributed by atoms with van der Waals surface area (Å²) >= 11 is 0. The summed E-state index contributed by atoms with van der Waals surface area (Å²) in [5.74, 6) is 0. The Morgan fingerprint density at radius 3 is 1.20 bits per heavy atom. The van der Waals surface area contributed by atoms with E-state index in [4.69, 9.17) is 0 Å². The molecule has 0 aliphatic rings. The van der Waals surface area contributed by atoms with Crippen LogP contribution in [-0.2, 0) is 26.2 Å². The van der Waals surface area contributed by atoms with Crippen LogP contribution in [-0.4, -0.2) is 15.5 Å². The van der Waals surface area contributed by atoms with Gasteiger partial charge in [0, 0.05) is 0 Å². The zero-order valence-corrected chi connectivity index (χ0v) is 33.5. The first-order valence-electron chi connectivity index (χ1n) is 17.2. The fourth-order valence-corrected chi connectivity index (χ4v) is 6.95. The molecule has 0 heterocycles. The van der Waals surface area contributed by atoms with E-state index in [0.717, 1.165) is 0 Å². The zero-order chi connectivity index (χ0) is 34.9. The molecular weight excluding hydrogens is 708 g/mol. The van der Waals surface area contributed by atoms with Crippen molar-refractivity contribution in [3.8, 4) is 22.3 Å². The van der Waals surface area contributed by atoms with E-state index in [-0.39, 0.29) is 26.2 Å². The van der Waals surface area contributed by atoms with Gasteiger partial charge in [0.15, 0.2) is 0 Å². The van der Waals surface area contributed by atoms with E-state index in [1.165, 1.54) is 82.0 Å². The molecule has 0 aromatic heterocycles. The molecule has 0 fully saturated rings. The van der Waals surface area contributed by atoms with Gasteiger partial charge in [0.2, 0.25) is 0 Å². The summed E-state index contributed by atoms with van der Waals surface area (Å²) in [4.78, 5) is 0. The molecule has 2 heteroatoms. The van der Waals surface area contributed by atoms with Crippen LogP contribution in [0.1, 0.15) is 23.6 Å². The zero-order valence-electron chi connectivity index (χ0n) is 29.7. The maximum Gasteiger partial charge on any atom is 4.00 e. The molecule has 0 aliphatic carbocycles. The van der Waals surface area contributed by atoms with Crippen molar-refractivity contribution >= 4 is 58.6 Å². The van der Waals surface area contributed by atoms with Crippen molar-refractivity contribution < 1.29 is 26.2 Å². The molecule has 0 atom stereocenters. The van der Waals surface area contributed by atoms with Crippen LogP contribution in [0, 0.1) is 20.8 Å². The predicted molar refractivity (Wildman–Crippen MR) is 225 cm³/mol. The van der Waals surface area contributed by atoms with Gasteiger partial charge in [-0.1, -0.05) is 138 Å². The van der Waals surface area contributed by atoms with Crippen molar-refractivity contribution in [2.75, 3.05) is 0 Å². The number of hydrogen-bond acceptors (Lipinski definition) is 0. The Hall–Kier alpha value is -4.75. The molecule has 246 valence electrons. The molecule has 0 nitrogen and oxygen atoms in total. The van der Waals surface area contributed by atoms with Gasteiger partial charge >= 0.3 is 26.2 Å². The summed E-state index contributed by atoms with van der Waals surface area (Å²) < 4.78 is 0. The van der Waals surface area contributed by atoms with Crippen molar-refractivity contribution in [2.24, 2.45) is 0 Å². The van der Waals surface area contributed by atoms with E-state index in [9.17, 15) is 0 Å². The standard InChI is InChI=1S/2C20H15.C7H7Si.C2H5.Zr/c2*1-14-12-16-8-5-11-19(20(16)13-14)18-10-4-7-15-6-2-3-9-17(15)18;8-6-7-4-2-1-3-5-7;1-2;/h2*2-13H,1H3;1-5H,8H2;1H2,2H3;/q4*-1;+4. The Balaban J connectivity index is 0.000000155. The summed E-state index contributed by atoms with van der Waals surface area (Å²) in [5, 5.41) is 10.6. The van der Waals surface area contributed by atoms with Gasteiger partial charge in [0.25, 0.3) is 0 Å². The molecule has 9 aromatic carbocycles. The van der Waals surface area contributed by atoms with E-state index >= 15 is 0 Å². The minimum atomic E-state index is 0. The van der Waals surface area contributed by atoms with E-state index in [0.29, 0.717) is 0 Å². The van der Waals surface area contributed by atoms with E-state index in [2.05, 4.69) is 172 Å². The monoisotopic (exact) mass is 748 g/mol. The Labute approximate surface area is 325 Å². The van der Waals surface area contributed by atoms with E-state index in [1.54, 1.807) is 16.8 Å². The van der Waals surface area contributed by atoms with Crippen LogP contribution in [0.15, 0.2) is 176 Å².